The summed E-state index contributed by atoms with van der Waals surface area (Å²) in [5.41, 5.74) is 2.09. The van der Waals surface area contributed by atoms with Crippen LogP contribution in [0.5, 0.6) is 0 Å². The Bertz CT molecular complexity index is 1170. The molecule has 1 amide bonds. The predicted molar refractivity (Wildman–Crippen MR) is 129 cm³/mol. The van der Waals surface area contributed by atoms with Gasteiger partial charge in [-0.25, -0.2) is 0 Å². The predicted octanol–water partition coefficient (Wildman–Crippen LogP) is 4.78. The maximum atomic E-state index is 12.2. The van der Waals surface area contributed by atoms with Gasteiger partial charge in [-0.2, -0.15) is 0 Å². The number of benzene rings is 2. The largest absolute Gasteiger partial charge is 0.459 e. The Morgan fingerprint density at radius 3 is 2.61 bits per heavy atom. The zero-order valence-corrected chi connectivity index (χ0v) is 19.3. The van der Waals surface area contributed by atoms with Gasteiger partial charge in [-0.1, -0.05) is 34.1 Å². The molecule has 2 aromatic carbocycles. The number of carbonyl (C=O) groups excluding carboxylic acids is 1. The molecule has 0 saturated carbocycles. The number of furan rings is 1. The molecule has 0 radical (unpaired) electrons. The van der Waals surface area contributed by atoms with Crippen molar-refractivity contribution in [1.29, 1.82) is 0 Å². The van der Waals surface area contributed by atoms with E-state index in [0.29, 0.717) is 43.3 Å². The maximum absolute atomic E-state index is 12.2. The molecule has 170 valence electrons. The van der Waals surface area contributed by atoms with Crippen molar-refractivity contribution in [3.8, 4) is 11.3 Å². The number of nitrogens with one attached hydrogen (secondary N) is 1. The molecular weight excluding hydrogens is 490 g/mol. The molecule has 1 aliphatic heterocycles. The standard InChI is InChI=1S/C24H22BrN3O5/c25-19-5-3-18(4-6-19)23-9-7-20(33-23)16-26-24(29)10-2-17-1-8-21(22(15-17)28(30)31)27-11-13-32-14-12-27/h1-10,15H,11-14,16H2,(H,26,29)/b10-2+. The molecule has 0 atom stereocenters. The summed E-state index contributed by atoms with van der Waals surface area (Å²) in [5, 5.41) is 14.3. The van der Waals surface area contributed by atoms with Gasteiger partial charge in [0.15, 0.2) is 0 Å². The van der Waals surface area contributed by atoms with E-state index in [0.717, 1.165) is 15.8 Å². The summed E-state index contributed by atoms with van der Waals surface area (Å²) in [5.74, 6) is 1.02. The van der Waals surface area contributed by atoms with Gasteiger partial charge in [0.25, 0.3) is 5.69 Å². The second-order valence-electron chi connectivity index (χ2n) is 7.43. The molecule has 2 heterocycles. The average molecular weight is 512 g/mol. The SMILES string of the molecule is O=C(/C=C/c1ccc(N2CCOCC2)c([N+](=O)[O-])c1)NCc1ccc(-c2ccc(Br)cc2)o1. The lowest BCUT2D eigenvalue weighted by atomic mass is 10.1. The Balaban J connectivity index is 1.37. The molecule has 4 rings (SSSR count). The number of amides is 1. The van der Waals surface area contributed by atoms with Gasteiger partial charge in [0, 0.05) is 35.3 Å². The highest BCUT2D eigenvalue weighted by molar-refractivity contribution is 9.10. The Hall–Kier alpha value is -3.43. The van der Waals surface area contributed by atoms with Crippen molar-refractivity contribution in [2.45, 2.75) is 6.54 Å². The molecule has 3 aromatic rings. The normalized spacial score (nSPS) is 13.9. The third-order valence-electron chi connectivity index (χ3n) is 5.20. The van der Waals surface area contributed by atoms with Gasteiger partial charge in [0.2, 0.25) is 5.91 Å². The van der Waals surface area contributed by atoms with Crippen LogP contribution < -0.4 is 10.2 Å². The lowest BCUT2D eigenvalue weighted by Crippen LogP contribution is -2.36. The average Bonchev–Trinajstić information content (AvgIpc) is 3.31. The summed E-state index contributed by atoms with van der Waals surface area (Å²) in [6.07, 6.45) is 2.91. The van der Waals surface area contributed by atoms with E-state index >= 15 is 0 Å². The van der Waals surface area contributed by atoms with Crippen LogP contribution in [0.15, 0.2) is 69.6 Å². The number of nitro benzene ring substituents is 1. The van der Waals surface area contributed by atoms with Crippen LogP contribution in [-0.2, 0) is 16.1 Å². The molecule has 1 fully saturated rings. The summed E-state index contributed by atoms with van der Waals surface area (Å²) in [6.45, 7) is 2.53. The minimum Gasteiger partial charge on any atom is -0.459 e. The van der Waals surface area contributed by atoms with Crippen LogP contribution in [-0.4, -0.2) is 37.1 Å². The van der Waals surface area contributed by atoms with Gasteiger partial charge in [-0.15, -0.1) is 0 Å². The first-order valence-corrected chi connectivity index (χ1v) is 11.2. The number of nitrogens with zero attached hydrogens (tertiary/aromatic N) is 2. The lowest BCUT2D eigenvalue weighted by Gasteiger charge is -2.28. The molecule has 9 heteroatoms. The zero-order valence-electron chi connectivity index (χ0n) is 17.7. The molecule has 0 spiro atoms. The number of rotatable bonds is 7. The Labute approximate surface area is 199 Å². The molecule has 0 unspecified atom stereocenters. The highest BCUT2D eigenvalue weighted by Crippen LogP contribution is 2.30. The van der Waals surface area contributed by atoms with Crippen molar-refractivity contribution in [3.63, 3.8) is 0 Å². The molecular formula is C24H22BrN3O5. The summed E-state index contributed by atoms with van der Waals surface area (Å²) in [6, 6.07) is 16.4. The number of ether oxygens (including phenoxy) is 1. The quantitative estimate of drug-likeness (QED) is 0.278. The first-order chi connectivity index (χ1) is 16.0. The van der Waals surface area contributed by atoms with Crippen LogP contribution in [0.4, 0.5) is 11.4 Å². The fourth-order valence-corrected chi connectivity index (χ4v) is 3.77. The fraction of sp³-hybridized carbons (Fsp3) is 0.208. The number of halogens is 1. The van der Waals surface area contributed by atoms with Crippen LogP contribution in [0.2, 0.25) is 0 Å². The highest BCUT2D eigenvalue weighted by Gasteiger charge is 2.21. The third kappa shape index (κ3) is 5.88. The van der Waals surface area contributed by atoms with E-state index in [1.54, 1.807) is 18.2 Å². The third-order valence-corrected chi connectivity index (χ3v) is 5.73. The minimum atomic E-state index is -0.401. The number of nitro groups is 1. The van der Waals surface area contributed by atoms with Crippen LogP contribution in [0, 0.1) is 10.1 Å². The molecule has 0 bridgehead atoms. The molecule has 1 aromatic heterocycles. The number of carbonyl (C=O) groups is 1. The smallest absolute Gasteiger partial charge is 0.293 e. The van der Waals surface area contributed by atoms with Crippen LogP contribution >= 0.6 is 15.9 Å². The minimum absolute atomic E-state index is 0.00974. The molecule has 1 aliphatic rings. The van der Waals surface area contributed by atoms with Gasteiger partial charge in [-0.05, 0) is 42.0 Å². The van der Waals surface area contributed by atoms with E-state index in [1.165, 1.54) is 12.1 Å². The van der Waals surface area contributed by atoms with Crippen LogP contribution in [0.3, 0.4) is 0 Å². The number of hydrogen-bond acceptors (Lipinski definition) is 6. The van der Waals surface area contributed by atoms with Crippen molar-refractivity contribution < 1.29 is 18.9 Å². The second kappa shape index (κ2) is 10.5. The van der Waals surface area contributed by atoms with Crippen molar-refractivity contribution in [3.05, 3.63) is 86.6 Å². The first-order valence-electron chi connectivity index (χ1n) is 10.4. The lowest BCUT2D eigenvalue weighted by molar-refractivity contribution is -0.384. The van der Waals surface area contributed by atoms with E-state index < -0.39 is 4.92 Å². The van der Waals surface area contributed by atoms with Gasteiger partial charge in [0.1, 0.15) is 17.2 Å². The molecule has 1 N–H and O–H groups in total. The Morgan fingerprint density at radius 1 is 1.12 bits per heavy atom. The molecule has 8 nitrogen and oxygen atoms in total. The molecule has 33 heavy (non-hydrogen) atoms. The van der Waals surface area contributed by atoms with Gasteiger partial charge >= 0.3 is 0 Å². The first kappa shape index (κ1) is 22.8. The van der Waals surface area contributed by atoms with E-state index in [2.05, 4.69) is 21.2 Å². The Kier molecular flexibility index (Phi) is 7.21. The van der Waals surface area contributed by atoms with Crippen LogP contribution in [0.1, 0.15) is 11.3 Å². The molecule has 1 saturated heterocycles. The summed E-state index contributed by atoms with van der Waals surface area (Å²) >= 11 is 3.40. The topological polar surface area (TPSA) is 97.9 Å². The number of anilines is 1. The van der Waals surface area contributed by atoms with E-state index in [1.807, 2.05) is 41.3 Å². The van der Waals surface area contributed by atoms with Crippen molar-refractivity contribution in [1.82, 2.24) is 5.32 Å². The van der Waals surface area contributed by atoms with Crippen molar-refractivity contribution >= 4 is 39.3 Å². The monoisotopic (exact) mass is 511 g/mol. The van der Waals surface area contributed by atoms with Crippen molar-refractivity contribution in [2.24, 2.45) is 0 Å². The van der Waals surface area contributed by atoms with E-state index in [-0.39, 0.29) is 18.1 Å². The highest BCUT2D eigenvalue weighted by atomic mass is 79.9. The van der Waals surface area contributed by atoms with Gasteiger partial charge in [0.05, 0.1) is 24.7 Å². The van der Waals surface area contributed by atoms with Gasteiger partial charge in [-0.3, -0.25) is 14.9 Å². The zero-order chi connectivity index (χ0) is 23.2. The van der Waals surface area contributed by atoms with E-state index in [9.17, 15) is 14.9 Å². The Morgan fingerprint density at radius 2 is 1.88 bits per heavy atom. The number of morpholine rings is 1. The van der Waals surface area contributed by atoms with Gasteiger partial charge < -0.3 is 19.4 Å². The summed E-state index contributed by atoms with van der Waals surface area (Å²) < 4.78 is 12.1. The molecule has 0 aliphatic carbocycles. The second-order valence-corrected chi connectivity index (χ2v) is 8.34. The summed E-state index contributed by atoms with van der Waals surface area (Å²) in [4.78, 5) is 25.3. The maximum Gasteiger partial charge on any atom is 0.293 e. The van der Waals surface area contributed by atoms with Crippen LogP contribution in [0.25, 0.3) is 17.4 Å². The van der Waals surface area contributed by atoms with Crippen molar-refractivity contribution in [2.75, 3.05) is 31.2 Å². The number of hydrogen-bond donors (Lipinski definition) is 1. The summed E-state index contributed by atoms with van der Waals surface area (Å²) in [7, 11) is 0. The van der Waals surface area contributed by atoms with E-state index in [4.69, 9.17) is 9.15 Å². The fourth-order valence-electron chi connectivity index (χ4n) is 3.51.